The quantitative estimate of drug-likeness (QED) is 0.720. The molecule has 0 bridgehead atoms. The van der Waals surface area contributed by atoms with Crippen LogP contribution in [0.4, 0.5) is 0 Å². The van der Waals surface area contributed by atoms with E-state index in [1.165, 1.54) is 7.11 Å². The fourth-order valence-corrected chi connectivity index (χ4v) is 3.71. The number of methoxy groups -OCH3 is 2. The van der Waals surface area contributed by atoms with Gasteiger partial charge in [0.25, 0.3) is 0 Å². The fourth-order valence-electron chi connectivity index (χ4n) is 3.71. The lowest BCUT2D eigenvalue weighted by Crippen LogP contribution is -2.22. The van der Waals surface area contributed by atoms with Gasteiger partial charge in [0, 0.05) is 10.9 Å². The van der Waals surface area contributed by atoms with Gasteiger partial charge in [-0.05, 0) is 17.0 Å². The van der Waals surface area contributed by atoms with E-state index in [2.05, 4.69) is 6.07 Å². The van der Waals surface area contributed by atoms with Crippen LogP contribution in [0.5, 0.6) is 17.2 Å². The number of nitriles is 1. The lowest BCUT2D eigenvalue weighted by molar-refractivity contribution is 0.356. The lowest BCUT2D eigenvalue weighted by atomic mass is 9.80. The van der Waals surface area contributed by atoms with Crippen LogP contribution in [0.25, 0.3) is 10.8 Å². The Morgan fingerprint density at radius 1 is 1.11 bits per heavy atom. The molecule has 136 valence electrons. The predicted octanol–water partition coefficient (Wildman–Crippen LogP) is 2.87. The van der Waals surface area contributed by atoms with E-state index in [0.29, 0.717) is 28.3 Å². The van der Waals surface area contributed by atoms with Gasteiger partial charge in [-0.25, -0.2) is 0 Å². The highest BCUT2D eigenvalue weighted by molar-refractivity contribution is 6.34. The Hall–Kier alpha value is -3.59. The summed E-state index contributed by atoms with van der Waals surface area (Å²) in [5.41, 5.74) is 8.50. The van der Waals surface area contributed by atoms with Gasteiger partial charge in [-0.1, -0.05) is 47.9 Å². The largest absolute Gasteiger partial charge is 0.493 e. The third-order valence-corrected chi connectivity index (χ3v) is 4.97. The van der Waals surface area contributed by atoms with Crippen molar-refractivity contribution in [3.05, 3.63) is 71.1 Å². The van der Waals surface area contributed by atoms with E-state index in [1.54, 1.807) is 13.2 Å². The van der Waals surface area contributed by atoms with E-state index in [1.807, 2.05) is 42.5 Å². The van der Waals surface area contributed by atoms with Gasteiger partial charge in [0.2, 0.25) is 5.88 Å². The zero-order valence-electron chi connectivity index (χ0n) is 15.5. The zero-order chi connectivity index (χ0) is 19.8. The molecular weight excluding hydrogens is 351 g/mol. The molecule has 1 aliphatic rings. The highest BCUT2D eigenvalue weighted by Crippen LogP contribution is 2.46. The number of nitrogens with two attached hydrogens (primary N) is 1. The normalized spacial score (nSPS) is 15.5. The summed E-state index contributed by atoms with van der Waals surface area (Å²) in [5.74, 6) is 1.24. The van der Waals surface area contributed by atoms with Gasteiger partial charge in [0.1, 0.15) is 25.2 Å². The van der Waals surface area contributed by atoms with Crippen molar-refractivity contribution >= 4 is 24.1 Å². The van der Waals surface area contributed by atoms with Crippen LogP contribution >= 0.6 is 0 Å². The molecule has 4 rings (SSSR count). The number of hydrogen-bond acceptors (Lipinski definition) is 5. The lowest BCUT2D eigenvalue weighted by Gasteiger charge is -2.28. The standard InChI is InChI=1S/C22H17BN2O3/c1-26-18-10-13(9-17(23)21(18)27-2)19-15-8-7-12-5-3-4-6-14(12)20(15)28-22(25)16(19)11-24/h3-10,19H,25H2,1-2H3. The maximum absolute atomic E-state index is 9.77. The Morgan fingerprint density at radius 3 is 2.61 bits per heavy atom. The Balaban J connectivity index is 2.00. The molecule has 0 saturated heterocycles. The summed E-state index contributed by atoms with van der Waals surface area (Å²) in [7, 11) is 9.25. The Labute approximate surface area is 164 Å². The first-order valence-electron chi connectivity index (χ1n) is 8.69. The minimum atomic E-state index is -0.430. The van der Waals surface area contributed by atoms with Crippen LogP contribution < -0.4 is 25.4 Å². The first-order chi connectivity index (χ1) is 13.6. The second-order valence-corrected chi connectivity index (χ2v) is 6.48. The topological polar surface area (TPSA) is 77.5 Å². The van der Waals surface area contributed by atoms with E-state index in [9.17, 15) is 5.26 Å². The summed E-state index contributed by atoms with van der Waals surface area (Å²) in [6, 6.07) is 17.6. The van der Waals surface area contributed by atoms with Crippen molar-refractivity contribution in [2.75, 3.05) is 14.2 Å². The van der Waals surface area contributed by atoms with Gasteiger partial charge >= 0.3 is 0 Å². The van der Waals surface area contributed by atoms with Crippen molar-refractivity contribution in [2.45, 2.75) is 5.92 Å². The molecule has 2 radical (unpaired) electrons. The molecule has 6 heteroatoms. The molecule has 1 aliphatic heterocycles. The number of hydrogen-bond donors (Lipinski definition) is 1. The molecule has 3 aromatic carbocycles. The highest BCUT2D eigenvalue weighted by atomic mass is 16.5. The molecule has 2 N–H and O–H groups in total. The number of ether oxygens (including phenoxy) is 3. The number of rotatable bonds is 3. The van der Waals surface area contributed by atoms with E-state index < -0.39 is 5.92 Å². The smallest absolute Gasteiger partial charge is 0.205 e. The minimum Gasteiger partial charge on any atom is -0.493 e. The van der Waals surface area contributed by atoms with Gasteiger partial charge in [-0.2, -0.15) is 5.26 Å². The molecule has 0 spiro atoms. The van der Waals surface area contributed by atoms with Gasteiger partial charge in [-0.15, -0.1) is 0 Å². The van der Waals surface area contributed by atoms with Crippen LogP contribution in [0.15, 0.2) is 60.0 Å². The number of allylic oxidation sites excluding steroid dienone is 1. The van der Waals surface area contributed by atoms with E-state index in [4.69, 9.17) is 27.8 Å². The molecule has 0 aromatic heterocycles. The van der Waals surface area contributed by atoms with Crippen molar-refractivity contribution < 1.29 is 14.2 Å². The molecule has 0 aliphatic carbocycles. The summed E-state index contributed by atoms with van der Waals surface area (Å²) in [5, 5.41) is 11.7. The third kappa shape index (κ3) is 2.64. The molecular formula is C22H17BN2O3. The molecule has 0 saturated carbocycles. The first-order valence-corrected chi connectivity index (χ1v) is 8.69. The van der Waals surface area contributed by atoms with Crippen molar-refractivity contribution in [1.29, 1.82) is 5.26 Å². The summed E-state index contributed by atoms with van der Waals surface area (Å²) in [4.78, 5) is 0. The molecule has 0 amide bonds. The highest BCUT2D eigenvalue weighted by Gasteiger charge is 2.32. The van der Waals surface area contributed by atoms with Crippen LogP contribution in [0.3, 0.4) is 0 Å². The van der Waals surface area contributed by atoms with Crippen molar-refractivity contribution in [3.63, 3.8) is 0 Å². The van der Waals surface area contributed by atoms with Crippen LogP contribution in [0, 0.1) is 11.3 Å². The predicted molar refractivity (Wildman–Crippen MR) is 108 cm³/mol. The SMILES string of the molecule is [B]c1cc(C2C(C#N)=C(N)Oc3c2ccc2ccccc32)cc(OC)c1OC. The van der Waals surface area contributed by atoms with Crippen LogP contribution in [-0.4, -0.2) is 22.1 Å². The Kier molecular flexibility index (Phi) is 4.36. The van der Waals surface area contributed by atoms with Crippen molar-refractivity contribution in [2.24, 2.45) is 5.73 Å². The third-order valence-electron chi connectivity index (χ3n) is 4.97. The van der Waals surface area contributed by atoms with E-state index in [-0.39, 0.29) is 5.88 Å². The summed E-state index contributed by atoms with van der Waals surface area (Å²) in [6.07, 6.45) is 0. The molecule has 1 heterocycles. The van der Waals surface area contributed by atoms with Gasteiger partial charge in [0.15, 0.2) is 11.5 Å². The van der Waals surface area contributed by atoms with Gasteiger partial charge in [0.05, 0.1) is 20.1 Å². The van der Waals surface area contributed by atoms with Crippen LogP contribution in [-0.2, 0) is 0 Å². The second-order valence-electron chi connectivity index (χ2n) is 6.48. The van der Waals surface area contributed by atoms with E-state index in [0.717, 1.165) is 21.9 Å². The molecule has 1 unspecified atom stereocenters. The fraction of sp³-hybridized carbons (Fsp3) is 0.136. The Bertz CT molecular complexity index is 1160. The number of benzene rings is 3. The first kappa shape index (κ1) is 17.8. The monoisotopic (exact) mass is 368 g/mol. The maximum Gasteiger partial charge on any atom is 0.205 e. The zero-order valence-corrected chi connectivity index (χ0v) is 15.5. The van der Waals surface area contributed by atoms with Crippen LogP contribution in [0.1, 0.15) is 17.0 Å². The Morgan fingerprint density at radius 2 is 1.89 bits per heavy atom. The summed E-state index contributed by atoms with van der Waals surface area (Å²) in [6.45, 7) is 0. The molecule has 5 nitrogen and oxygen atoms in total. The molecule has 28 heavy (non-hydrogen) atoms. The van der Waals surface area contributed by atoms with Crippen LogP contribution in [0.2, 0.25) is 0 Å². The summed E-state index contributed by atoms with van der Waals surface area (Å²) >= 11 is 0. The second kappa shape index (κ2) is 6.86. The minimum absolute atomic E-state index is 0.0877. The molecule has 3 aromatic rings. The van der Waals surface area contributed by atoms with Gasteiger partial charge in [-0.3, -0.25) is 0 Å². The van der Waals surface area contributed by atoms with Crippen molar-refractivity contribution in [3.8, 4) is 23.3 Å². The van der Waals surface area contributed by atoms with Crippen molar-refractivity contribution in [1.82, 2.24) is 0 Å². The van der Waals surface area contributed by atoms with Gasteiger partial charge < -0.3 is 19.9 Å². The average Bonchev–Trinajstić information content (AvgIpc) is 2.72. The van der Waals surface area contributed by atoms with E-state index >= 15 is 0 Å². The molecule has 1 atom stereocenters. The number of nitrogens with zero attached hydrogens (tertiary/aromatic N) is 1. The molecule has 0 fully saturated rings. The maximum atomic E-state index is 9.77. The number of fused-ring (bicyclic) bond motifs is 3. The average molecular weight is 368 g/mol. The summed E-state index contributed by atoms with van der Waals surface area (Å²) < 4.78 is 16.7.